The van der Waals surface area contributed by atoms with Crippen molar-refractivity contribution in [2.45, 2.75) is 12.8 Å². The van der Waals surface area contributed by atoms with E-state index in [0.29, 0.717) is 0 Å². The lowest BCUT2D eigenvalue weighted by Gasteiger charge is -2.08. The van der Waals surface area contributed by atoms with Crippen molar-refractivity contribution in [3.63, 3.8) is 0 Å². The summed E-state index contributed by atoms with van der Waals surface area (Å²) in [5.74, 6) is 1.88. The quantitative estimate of drug-likeness (QED) is 0.473. The van der Waals surface area contributed by atoms with Crippen LogP contribution in [0.4, 0.5) is 0 Å². The Kier molecular flexibility index (Phi) is 0.678. The van der Waals surface area contributed by atoms with Gasteiger partial charge in [-0.15, -0.1) is 0 Å². The molecule has 0 aromatic carbocycles. The molecular formula is C6H9NO. The lowest BCUT2D eigenvalue weighted by atomic mass is 10.2. The third-order valence-electron chi connectivity index (χ3n) is 2.08. The molecule has 2 nitrogen and oxygen atoms in total. The molecule has 44 valence electrons. The van der Waals surface area contributed by atoms with Gasteiger partial charge in [0.2, 0.25) is 5.91 Å². The van der Waals surface area contributed by atoms with Crippen molar-refractivity contribution in [3.05, 3.63) is 0 Å². The molecule has 1 heterocycles. The van der Waals surface area contributed by atoms with Gasteiger partial charge in [0, 0.05) is 13.0 Å². The molecule has 1 saturated carbocycles. The van der Waals surface area contributed by atoms with E-state index in [0.717, 1.165) is 24.8 Å². The van der Waals surface area contributed by atoms with E-state index in [1.807, 2.05) is 0 Å². The lowest BCUT2D eigenvalue weighted by Crippen LogP contribution is -2.30. The van der Waals surface area contributed by atoms with E-state index in [1.54, 1.807) is 0 Å². The van der Waals surface area contributed by atoms with Crippen molar-refractivity contribution in [2.24, 2.45) is 11.8 Å². The van der Waals surface area contributed by atoms with Crippen molar-refractivity contribution in [1.82, 2.24) is 5.32 Å². The van der Waals surface area contributed by atoms with Gasteiger partial charge in [0.15, 0.2) is 0 Å². The fourth-order valence-electron chi connectivity index (χ4n) is 1.37. The van der Waals surface area contributed by atoms with Gasteiger partial charge in [-0.3, -0.25) is 4.79 Å². The zero-order valence-electron chi connectivity index (χ0n) is 4.68. The topological polar surface area (TPSA) is 29.1 Å². The van der Waals surface area contributed by atoms with Gasteiger partial charge < -0.3 is 5.32 Å². The van der Waals surface area contributed by atoms with Crippen LogP contribution >= 0.6 is 0 Å². The first-order chi connectivity index (χ1) is 3.86. The van der Waals surface area contributed by atoms with Crippen LogP contribution in [-0.2, 0) is 4.79 Å². The second-order valence-corrected chi connectivity index (χ2v) is 2.76. The number of amides is 1. The van der Waals surface area contributed by atoms with Crippen LogP contribution in [0.5, 0.6) is 0 Å². The van der Waals surface area contributed by atoms with Gasteiger partial charge >= 0.3 is 0 Å². The fraction of sp³-hybridized carbons (Fsp3) is 0.833. The highest BCUT2D eigenvalue weighted by atomic mass is 16.1. The summed E-state index contributed by atoms with van der Waals surface area (Å²) < 4.78 is 0. The number of hydrogen-bond donors (Lipinski definition) is 1. The summed E-state index contributed by atoms with van der Waals surface area (Å²) in [5, 5.41) is 2.83. The van der Waals surface area contributed by atoms with E-state index in [2.05, 4.69) is 5.32 Å². The van der Waals surface area contributed by atoms with Gasteiger partial charge in [0.05, 0.1) is 0 Å². The van der Waals surface area contributed by atoms with Crippen molar-refractivity contribution < 1.29 is 4.79 Å². The van der Waals surface area contributed by atoms with Crippen LogP contribution in [0, 0.1) is 11.8 Å². The summed E-state index contributed by atoms with van der Waals surface area (Å²) in [6, 6.07) is 0. The number of nitrogens with one attached hydrogen (secondary N) is 1. The average molecular weight is 111 g/mol. The second-order valence-electron chi connectivity index (χ2n) is 2.76. The summed E-state index contributed by atoms with van der Waals surface area (Å²) in [7, 11) is 0. The third kappa shape index (κ3) is 0.522. The molecule has 0 aromatic rings. The highest BCUT2D eigenvalue weighted by Crippen LogP contribution is 2.42. The molecule has 0 radical (unpaired) electrons. The Balaban J connectivity index is 2.02. The third-order valence-corrected chi connectivity index (χ3v) is 2.08. The van der Waals surface area contributed by atoms with Gasteiger partial charge in [-0.2, -0.15) is 0 Å². The summed E-state index contributed by atoms with van der Waals surface area (Å²) in [5.41, 5.74) is 0. The normalized spacial score (nSPS) is 42.8. The molecule has 2 aliphatic rings. The molecule has 1 saturated heterocycles. The lowest BCUT2D eigenvalue weighted by molar-refractivity contribution is -0.122. The monoisotopic (exact) mass is 111 g/mol. The van der Waals surface area contributed by atoms with E-state index >= 15 is 0 Å². The molecule has 0 aromatic heterocycles. The smallest absolute Gasteiger partial charge is 0.220 e. The van der Waals surface area contributed by atoms with E-state index < -0.39 is 0 Å². The standard InChI is InChI=1S/C6H9NO/c8-6-2-4-1-5(4)3-7-6/h4-5H,1-3H2,(H,7,8). The predicted molar refractivity (Wildman–Crippen MR) is 29.2 cm³/mol. The van der Waals surface area contributed by atoms with E-state index in [1.165, 1.54) is 6.42 Å². The summed E-state index contributed by atoms with van der Waals surface area (Å²) in [6.45, 7) is 0.948. The molecular weight excluding hydrogens is 102 g/mol. The minimum Gasteiger partial charge on any atom is -0.356 e. The Morgan fingerprint density at radius 1 is 1.50 bits per heavy atom. The van der Waals surface area contributed by atoms with Crippen molar-refractivity contribution in [2.75, 3.05) is 6.54 Å². The first kappa shape index (κ1) is 4.36. The Morgan fingerprint density at radius 2 is 2.38 bits per heavy atom. The number of rotatable bonds is 0. The van der Waals surface area contributed by atoms with Crippen LogP contribution < -0.4 is 5.32 Å². The van der Waals surface area contributed by atoms with Crippen molar-refractivity contribution >= 4 is 5.91 Å². The van der Waals surface area contributed by atoms with E-state index in [-0.39, 0.29) is 5.91 Å². The summed E-state index contributed by atoms with van der Waals surface area (Å²) >= 11 is 0. The first-order valence-electron chi connectivity index (χ1n) is 3.13. The maximum absolute atomic E-state index is 10.6. The van der Waals surface area contributed by atoms with Crippen LogP contribution in [0.3, 0.4) is 0 Å². The number of carbonyl (C=O) groups is 1. The van der Waals surface area contributed by atoms with Crippen LogP contribution in [0.1, 0.15) is 12.8 Å². The zero-order valence-corrected chi connectivity index (χ0v) is 4.68. The zero-order chi connectivity index (χ0) is 5.56. The van der Waals surface area contributed by atoms with E-state index in [4.69, 9.17) is 0 Å². The number of fused-ring (bicyclic) bond motifs is 1. The van der Waals surface area contributed by atoms with Crippen molar-refractivity contribution in [3.8, 4) is 0 Å². The molecule has 2 heteroatoms. The Hall–Kier alpha value is -0.530. The molecule has 2 unspecified atom stereocenters. The molecule has 0 spiro atoms. The second kappa shape index (κ2) is 1.24. The summed E-state index contributed by atoms with van der Waals surface area (Å²) in [6.07, 6.45) is 2.09. The maximum Gasteiger partial charge on any atom is 0.220 e. The Labute approximate surface area is 48.3 Å². The molecule has 1 amide bonds. The molecule has 2 fully saturated rings. The number of carbonyl (C=O) groups excluding carboxylic acids is 1. The van der Waals surface area contributed by atoms with Gasteiger partial charge in [-0.25, -0.2) is 0 Å². The molecule has 2 atom stereocenters. The Morgan fingerprint density at radius 3 is 3.00 bits per heavy atom. The van der Waals surface area contributed by atoms with Gasteiger partial charge in [-0.05, 0) is 18.3 Å². The molecule has 1 N–H and O–H groups in total. The number of hydrogen-bond acceptors (Lipinski definition) is 1. The largest absolute Gasteiger partial charge is 0.356 e. The molecule has 0 bridgehead atoms. The van der Waals surface area contributed by atoms with E-state index in [9.17, 15) is 4.79 Å². The van der Waals surface area contributed by atoms with Gasteiger partial charge in [0.25, 0.3) is 0 Å². The van der Waals surface area contributed by atoms with Crippen LogP contribution in [0.2, 0.25) is 0 Å². The van der Waals surface area contributed by atoms with Gasteiger partial charge in [0.1, 0.15) is 0 Å². The minimum absolute atomic E-state index is 0.253. The maximum atomic E-state index is 10.6. The molecule has 8 heavy (non-hydrogen) atoms. The highest BCUT2D eigenvalue weighted by molar-refractivity contribution is 5.77. The first-order valence-corrected chi connectivity index (χ1v) is 3.13. The highest BCUT2D eigenvalue weighted by Gasteiger charge is 2.41. The fourth-order valence-corrected chi connectivity index (χ4v) is 1.37. The van der Waals surface area contributed by atoms with Crippen LogP contribution in [0.15, 0.2) is 0 Å². The van der Waals surface area contributed by atoms with Crippen molar-refractivity contribution in [1.29, 1.82) is 0 Å². The SMILES string of the molecule is O=C1CC2CC2CN1. The molecule has 1 aliphatic carbocycles. The van der Waals surface area contributed by atoms with Gasteiger partial charge in [-0.1, -0.05) is 0 Å². The summed E-state index contributed by atoms with van der Waals surface area (Å²) in [4.78, 5) is 10.6. The Bertz CT molecular complexity index is 132. The number of piperidine rings is 1. The average Bonchev–Trinajstić information content (AvgIpc) is 2.43. The minimum atomic E-state index is 0.253. The molecule has 1 aliphatic heterocycles. The van der Waals surface area contributed by atoms with Crippen LogP contribution in [0.25, 0.3) is 0 Å². The van der Waals surface area contributed by atoms with Crippen LogP contribution in [-0.4, -0.2) is 12.5 Å². The molecule has 2 rings (SSSR count). The predicted octanol–water partition coefficient (Wildman–Crippen LogP) is 0.142.